The molecule has 242 valence electrons. The highest BCUT2D eigenvalue weighted by atomic mass is 16.4. The first-order chi connectivity index (χ1) is 23.6. The third-order valence-corrected chi connectivity index (χ3v) is 7.85. The maximum Gasteiger partial charge on any atom is 0.106 e. The average Bonchev–Trinajstić information content (AvgIpc) is 3.16. The summed E-state index contributed by atoms with van der Waals surface area (Å²) >= 11 is 0. The Balaban J connectivity index is 1.49. The van der Waals surface area contributed by atoms with E-state index in [-0.39, 0.29) is 26.2 Å². The maximum atomic E-state index is 10.0. The Kier molecular flexibility index (Phi) is 11.5. The molecule has 0 aliphatic carbocycles. The van der Waals surface area contributed by atoms with Gasteiger partial charge in [0.15, 0.2) is 0 Å². The van der Waals surface area contributed by atoms with Gasteiger partial charge in [0.1, 0.15) is 22.8 Å². The molecule has 0 spiro atoms. The van der Waals surface area contributed by atoms with Crippen molar-refractivity contribution in [3.8, 4) is 0 Å². The zero-order valence-electron chi connectivity index (χ0n) is 26.2. The van der Waals surface area contributed by atoms with Gasteiger partial charge in [0.25, 0.3) is 0 Å². The molecule has 0 aromatic heterocycles. The summed E-state index contributed by atoms with van der Waals surface area (Å²) in [7, 11) is 0. The molecule has 5 rings (SSSR count). The van der Waals surface area contributed by atoms with Crippen LogP contribution >= 0.6 is 0 Å². The van der Waals surface area contributed by atoms with Gasteiger partial charge in [-0.05, 0) is 24.3 Å². The first-order valence-corrected chi connectivity index (χ1v) is 15.3. The minimum Gasteiger partial charge on any atom is -0.411 e. The van der Waals surface area contributed by atoms with Gasteiger partial charge in [0, 0.05) is 33.6 Å². The molecule has 0 amide bonds. The Hall–Kier alpha value is -6.42. The third kappa shape index (κ3) is 8.43. The van der Waals surface area contributed by atoms with Gasteiger partial charge in [0.2, 0.25) is 0 Å². The fourth-order valence-electron chi connectivity index (χ4n) is 5.32. The fraction of sp³-hybridized carbons (Fsp3) is 0.105. The zero-order valence-corrected chi connectivity index (χ0v) is 26.2. The van der Waals surface area contributed by atoms with E-state index >= 15 is 0 Å². The predicted octanol–water partition coefficient (Wildman–Crippen LogP) is 6.81. The molecule has 0 aliphatic heterocycles. The Morgan fingerprint density at radius 1 is 0.333 bits per heavy atom. The highest BCUT2D eigenvalue weighted by molar-refractivity contribution is 6.08. The molecule has 0 atom stereocenters. The lowest BCUT2D eigenvalue weighted by Crippen LogP contribution is -2.36. The molecule has 0 saturated heterocycles. The highest BCUT2D eigenvalue weighted by Crippen LogP contribution is 2.24. The van der Waals surface area contributed by atoms with Crippen LogP contribution in [0.15, 0.2) is 166 Å². The van der Waals surface area contributed by atoms with E-state index in [1.807, 2.05) is 155 Å². The van der Waals surface area contributed by atoms with Crippen molar-refractivity contribution in [1.29, 1.82) is 0 Å². The Morgan fingerprint density at radius 2 is 0.542 bits per heavy atom. The van der Waals surface area contributed by atoms with E-state index in [2.05, 4.69) is 20.6 Å². The molecule has 10 heteroatoms. The number of benzene rings is 5. The lowest BCUT2D eigenvalue weighted by atomic mass is 10.1. The van der Waals surface area contributed by atoms with E-state index in [9.17, 15) is 20.8 Å². The van der Waals surface area contributed by atoms with E-state index in [1.54, 1.807) is 0 Å². The smallest absolute Gasteiger partial charge is 0.106 e. The van der Waals surface area contributed by atoms with Crippen LogP contribution in [0, 0.1) is 0 Å². The van der Waals surface area contributed by atoms with Crippen LogP contribution in [0.5, 0.6) is 0 Å². The van der Waals surface area contributed by atoms with Crippen molar-refractivity contribution in [3.63, 3.8) is 0 Å². The van der Waals surface area contributed by atoms with Crippen molar-refractivity contribution < 1.29 is 20.8 Å². The maximum absolute atomic E-state index is 10.0. The second-order valence-corrected chi connectivity index (χ2v) is 10.9. The molecule has 0 saturated carbocycles. The molecular formula is C38H36N6O4. The molecule has 48 heavy (non-hydrogen) atoms. The van der Waals surface area contributed by atoms with Crippen molar-refractivity contribution in [1.82, 2.24) is 0 Å². The van der Waals surface area contributed by atoms with E-state index in [0.29, 0.717) is 22.8 Å². The van der Waals surface area contributed by atoms with Gasteiger partial charge >= 0.3 is 0 Å². The zero-order chi connectivity index (χ0) is 33.6. The summed E-state index contributed by atoms with van der Waals surface area (Å²) in [6, 6.07) is 45.1. The number of anilines is 2. The van der Waals surface area contributed by atoms with E-state index in [0.717, 1.165) is 33.6 Å². The van der Waals surface area contributed by atoms with Gasteiger partial charge in [-0.15, -0.1) is 0 Å². The monoisotopic (exact) mass is 640 g/mol. The second kappa shape index (κ2) is 16.8. The van der Waals surface area contributed by atoms with Crippen molar-refractivity contribution in [2.45, 2.75) is 0 Å². The second-order valence-electron chi connectivity index (χ2n) is 10.9. The van der Waals surface area contributed by atoms with Crippen LogP contribution in [0.2, 0.25) is 0 Å². The Labute approximate surface area is 279 Å². The largest absolute Gasteiger partial charge is 0.411 e. The van der Waals surface area contributed by atoms with E-state index in [4.69, 9.17) is 0 Å². The van der Waals surface area contributed by atoms with E-state index in [1.165, 1.54) is 0 Å². The van der Waals surface area contributed by atoms with Crippen molar-refractivity contribution in [2.75, 3.05) is 36.0 Å². The molecule has 0 fully saturated rings. The van der Waals surface area contributed by atoms with Gasteiger partial charge in [-0.25, -0.2) is 0 Å². The molecule has 4 N–H and O–H groups in total. The van der Waals surface area contributed by atoms with Gasteiger partial charge in [-0.1, -0.05) is 142 Å². The van der Waals surface area contributed by atoms with Gasteiger partial charge in [0.05, 0.1) is 26.2 Å². The molecule has 0 aliphatic rings. The normalized spacial score (nSPS) is 12.5. The number of rotatable bonds is 14. The summed E-state index contributed by atoms with van der Waals surface area (Å²) in [5.74, 6) is 0. The molecule has 0 heterocycles. The predicted molar refractivity (Wildman–Crippen MR) is 190 cm³/mol. The summed E-state index contributed by atoms with van der Waals surface area (Å²) in [5, 5.41) is 54.5. The number of hydrogen-bond acceptors (Lipinski definition) is 10. The molecule has 10 nitrogen and oxygen atoms in total. The molecule has 5 aromatic rings. The van der Waals surface area contributed by atoms with Gasteiger partial charge in [-0.3, -0.25) is 0 Å². The summed E-state index contributed by atoms with van der Waals surface area (Å²) in [6.07, 6.45) is 0. The fourth-order valence-corrected chi connectivity index (χ4v) is 5.32. The van der Waals surface area contributed by atoms with Crippen LogP contribution in [0.25, 0.3) is 0 Å². The van der Waals surface area contributed by atoms with Crippen molar-refractivity contribution in [2.24, 2.45) is 20.6 Å². The van der Waals surface area contributed by atoms with Crippen LogP contribution in [0.4, 0.5) is 11.4 Å². The Bertz CT molecular complexity index is 1600. The molecule has 0 radical (unpaired) electrons. The van der Waals surface area contributed by atoms with E-state index < -0.39 is 0 Å². The minimum absolute atomic E-state index is 0.208. The number of nitrogens with zero attached hydrogens (tertiary/aromatic N) is 6. The molecular weight excluding hydrogens is 604 g/mol. The summed E-state index contributed by atoms with van der Waals surface area (Å²) in [4.78, 5) is 3.90. The Morgan fingerprint density at radius 3 is 0.729 bits per heavy atom. The molecule has 0 unspecified atom stereocenters. The first kappa shape index (κ1) is 33.0. The molecule has 0 bridgehead atoms. The van der Waals surface area contributed by atoms with Crippen LogP contribution in [0.1, 0.15) is 22.3 Å². The van der Waals surface area contributed by atoms with Crippen molar-refractivity contribution >= 4 is 34.2 Å². The van der Waals surface area contributed by atoms with Crippen molar-refractivity contribution in [3.05, 3.63) is 168 Å². The lowest BCUT2D eigenvalue weighted by Gasteiger charge is -2.28. The van der Waals surface area contributed by atoms with Gasteiger partial charge < -0.3 is 30.6 Å². The lowest BCUT2D eigenvalue weighted by molar-refractivity contribution is 0.317. The highest BCUT2D eigenvalue weighted by Gasteiger charge is 2.20. The van der Waals surface area contributed by atoms with Gasteiger partial charge in [-0.2, -0.15) is 0 Å². The first-order valence-electron chi connectivity index (χ1n) is 15.3. The van der Waals surface area contributed by atoms with Crippen LogP contribution in [-0.4, -0.2) is 69.9 Å². The molecule has 5 aromatic carbocycles. The summed E-state index contributed by atoms with van der Waals surface area (Å²) in [5.41, 5.74) is 6.29. The quantitative estimate of drug-likeness (QED) is 0.0598. The van der Waals surface area contributed by atoms with Crippen LogP contribution < -0.4 is 9.80 Å². The number of hydrogen-bond donors (Lipinski definition) is 4. The minimum atomic E-state index is 0.208. The summed E-state index contributed by atoms with van der Waals surface area (Å²) in [6.45, 7) is 0.834. The standard InChI is InChI=1S/C38H36N6O4/c45-39-35(29-13-5-1-6-14-29)25-43(26-36(40-46)30-15-7-2-8-16-30)33-21-23-34(24-22-33)44(27-37(41-47)31-17-9-3-10-18-31)28-38(42-48)32-19-11-4-12-20-32/h1-24,45-48H,25-28H2/b39-35-,40-36-,41-37-,42-38-. The topological polar surface area (TPSA) is 137 Å². The number of oxime groups is 4. The average molecular weight is 641 g/mol. The summed E-state index contributed by atoms with van der Waals surface area (Å²) < 4.78 is 0. The van der Waals surface area contributed by atoms with Crippen LogP contribution in [-0.2, 0) is 0 Å². The SMILES string of the molecule is O/N=C(/CN(C/C(=N/O)c1ccccc1)c1ccc(N(C/C(=N/O)c2ccccc2)C/C(=N/O)c2ccccc2)cc1)c1ccccc1. The third-order valence-electron chi connectivity index (χ3n) is 7.85. The van der Waals surface area contributed by atoms with Crippen LogP contribution in [0.3, 0.4) is 0 Å².